The topological polar surface area (TPSA) is 101 Å². The number of alkyl halides is 3. The van der Waals surface area contributed by atoms with Gasteiger partial charge in [0.15, 0.2) is 5.82 Å². The number of anilines is 2. The van der Waals surface area contributed by atoms with E-state index >= 15 is 0 Å². The quantitative estimate of drug-likeness (QED) is 0.281. The summed E-state index contributed by atoms with van der Waals surface area (Å²) < 4.78 is 50.0. The maximum Gasteiger partial charge on any atom is 0.416 e. The highest BCUT2D eigenvalue weighted by Crippen LogP contribution is 2.31. The molecule has 1 aliphatic rings. The van der Waals surface area contributed by atoms with Crippen molar-refractivity contribution in [1.82, 2.24) is 9.97 Å². The lowest BCUT2D eigenvalue weighted by molar-refractivity contribution is -0.137. The number of azo groups is 1. The highest BCUT2D eigenvalue weighted by Gasteiger charge is 2.31. The van der Waals surface area contributed by atoms with Crippen molar-refractivity contribution in [2.45, 2.75) is 51.9 Å². The zero-order valence-corrected chi connectivity index (χ0v) is 23.2. The van der Waals surface area contributed by atoms with Crippen molar-refractivity contribution in [3.63, 3.8) is 0 Å². The molecule has 0 aliphatic carbocycles. The Kier molecular flexibility index (Phi) is 9.53. The van der Waals surface area contributed by atoms with E-state index in [1.54, 1.807) is 19.9 Å². The second-order valence-corrected chi connectivity index (χ2v) is 10.3. The first-order valence-corrected chi connectivity index (χ1v) is 13.3. The molecule has 1 aromatic heterocycles. The van der Waals surface area contributed by atoms with E-state index in [9.17, 15) is 18.0 Å². The largest absolute Gasteiger partial charge is 0.443 e. The minimum Gasteiger partial charge on any atom is -0.443 e. The van der Waals surface area contributed by atoms with Crippen molar-refractivity contribution >= 4 is 23.4 Å². The number of hydrogen-bond acceptors (Lipinski definition) is 8. The molecule has 218 valence electrons. The van der Waals surface area contributed by atoms with Crippen LogP contribution in [0.5, 0.6) is 0 Å². The number of aromatic nitrogens is 2. The number of aryl methyl sites for hydroxylation is 2. The van der Waals surface area contributed by atoms with Gasteiger partial charge in [0.2, 0.25) is 0 Å². The fourth-order valence-corrected chi connectivity index (χ4v) is 4.22. The molecule has 0 bridgehead atoms. The summed E-state index contributed by atoms with van der Waals surface area (Å²) >= 11 is 0. The molecule has 9 nitrogen and oxygen atoms in total. The maximum absolute atomic E-state index is 13.0. The monoisotopic (exact) mass is 570 g/mol. The molecule has 0 atom stereocenters. The molecule has 1 fully saturated rings. The van der Waals surface area contributed by atoms with Crippen LogP contribution in [0.15, 0.2) is 64.8 Å². The van der Waals surface area contributed by atoms with Crippen LogP contribution in [0.4, 0.5) is 35.3 Å². The molecule has 1 aliphatic heterocycles. The molecule has 1 saturated heterocycles. The number of nitrogens with zero attached hydrogens (tertiary/aromatic N) is 5. The highest BCUT2D eigenvalue weighted by molar-refractivity contribution is 5.85. The Morgan fingerprint density at radius 1 is 1.07 bits per heavy atom. The minimum atomic E-state index is -4.52. The SMILES string of the molecule is Cc1cccc(CN=Nc2cc(N3CCOCC3)nc(CCC(C)(C)OC(=O)Nc3cccc(C(F)(F)F)c3)n2)c1. The van der Waals surface area contributed by atoms with Crippen LogP contribution in [0.25, 0.3) is 0 Å². The van der Waals surface area contributed by atoms with Crippen LogP contribution in [0, 0.1) is 6.92 Å². The summed E-state index contributed by atoms with van der Waals surface area (Å²) in [6, 6.07) is 14.2. The number of amides is 1. The predicted molar refractivity (Wildman–Crippen MR) is 148 cm³/mol. The minimum absolute atomic E-state index is 0.0113. The van der Waals surface area contributed by atoms with E-state index in [0.29, 0.717) is 63.1 Å². The average Bonchev–Trinajstić information content (AvgIpc) is 2.92. The van der Waals surface area contributed by atoms with Crippen LogP contribution >= 0.6 is 0 Å². The lowest BCUT2D eigenvalue weighted by Gasteiger charge is -2.28. The summed E-state index contributed by atoms with van der Waals surface area (Å²) in [6.07, 6.45) is -4.66. The molecule has 0 saturated carbocycles. The van der Waals surface area contributed by atoms with Gasteiger partial charge in [0, 0.05) is 31.3 Å². The number of ether oxygens (including phenoxy) is 2. The molecule has 1 N–H and O–H groups in total. The molecule has 1 amide bonds. The van der Waals surface area contributed by atoms with Gasteiger partial charge in [0.25, 0.3) is 0 Å². The fourth-order valence-electron chi connectivity index (χ4n) is 4.22. The summed E-state index contributed by atoms with van der Waals surface area (Å²) in [4.78, 5) is 23.9. The lowest BCUT2D eigenvalue weighted by atomic mass is 10.0. The number of carbonyl (C=O) groups excluding carboxylic acids is 1. The zero-order valence-electron chi connectivity index (χ0n) is 23.2. The number of nitrogens with one attached hydrogen (secondary N) is 1. The number of hydrogen-bond donors (Lipinski definition) is 1. The smallest absolute Gasteiger partial charge is 0.416 e. The van der Waals surface area contributed by atoms with Gasteiger partial charge in [-0.15, -0.1) is 5.11 Å². The third-order valence-corrected chi connectivity index (χ3v) is 6.35. The Morgan fingerprint density at radius 2 is 1.83 bits per heavy atom. The second kappa shape index (κ2) is 13.1. The van der Waals surface area contributed by atoms with Gasteiger partial charge in [-0.2, -0.15) is 18.3 Å². The van der Waals surface area contributed by atoms with Crippen LogP contribution in [0.3, 0.4) is 0 Å². The van der Waals surface area contributed by atoms with Crippen molar-refractivity contribution < 1.29 is 27.4 Å². The zero-order chi connectivity index (χ0) is 29.5. The Balaban J connectivity index is 1.42. The Labute approximate surface area is 236 Å². The standard InChI is InChI=1S/C29H33F3N6O3/c1-20-6-4-7-21(16-20)19-33-37-25-18-26(38-12-14-40-15-13-38)36-24(35-25)10-11-28(2,3)41-27(39)34-23-9-5-8-22(17-23)29(30,31)32/h4-9,16-18H,10-15,19H2,1-3H3,(H,34,39). The Bertz CT molecular complexity index is 1370. The van der Waals surface area contributed by atoms with E-state index in [-0.39, 0.29) is 5.69 Å². The fraction of sp³-hybridized carbons (Fsp3) is 0.414. The third kappa shape index (κ3) is 9.24. The van der Waals surface area contributed by atoms with Gasteiger partial charge in [-0.1, -0.05) is 35.9 Å². The van der Waals surface area contributed by atoms with E-state index in [1.165, 1.54) is 12.1 Å². The van der Waals surface area contributed by atoms with Crippen LogP contribution in [0.2, 0.25) is 0 Å². The molecule has 0 radical (unpaired) electrons. The van der Waals surface area contributed by atoms with Gasteiger partial charge >= 0.3 is 12.3 Å². The van der Waals surface area contributed by atoms with E-state index in [1.807, 2.05) is 25.1 Å². The van der Waals surface area contributed by atoms with Gasteiger partial charge in [0.1, 0.15) is 17.2 Å². The van der Waals surface area contributed by atoms with E-state index in [2.05, 4.69) is 31.5 Å². The molecule has 2 aromatic carbocycles. The number of halogens is 3. The molecule has 0 unspecified atom stereocenters. The summed E-state index contributed by atoms with van der Waals surface area (Å²) in [6.45, 7) is 8.40. The van der Waals surface area contributed by atoms with Gasteiger partial charge < -0.3 is 14.4 Å². The van der Waals surface area contributed by atoms with Crippen molar-refractivity contribution in [3.05, 3.63) is 77.1 Å². The Hall–Kier alpha value is -4.06. The van der Waals surface area contributed by atoms with E-state index in [4.69, 9.17) is 14.5 Å². The first-order chi connectivity index (χ1) is 19.5. The van der Waals surface area contributed by atoms with Gasteiger partial charge in [-0.25, -0.2) is 14.8 Å². The molecule has 2 heterocycles. The van der Waals surface area contributed by atoms with Crippen LogP contribution < -0.4 is 10.2 Å². The predicted octanol–water partition coefficient (Wildman–Crippen LogP) is 6.88. The summed E-state index contributed by atoms with van der Waals surface area (Å²) in [5.74, 6) is 1.64. The number of morpholine rings is 1. The summed E-state index contributed by atoms with van der Waals surface area (Å²) in [5.41, 5.74) is 0.349. The maximum atomic E-state index is 13.0. The summed E-state index contributed by atoms with van der Waals surface area (Å²) in [7, 11) is 0. The van der Waals surface area contributed by atoms with E-state index < -0.39 is 23.4 Å². The number of rotatable bonds is 9. The lowest BCUT2D eigenvalue weighted by Crippen LogP contribution is -2.37. The molecule has 41 heavy (non-hydrogen) atoms. The van der Waals surface area contributed by atoms with Gasteiger partial charge in [0.05, 0.1) is 25.3 Å². The molecule has 0 spiro atoms. The van der Waals surface area contributed by atoms with Crippen molar-refractivity contribution in [2.75, 3.05) is 36.5 Å². The number of benzene rings is 2. The third-order valence-electron chi connectivity index (χ3n) is 6.35. The van der Waals surface area contributed by atoms with Crippen LogP contribution in [-0.4, -0.2) is 48.0 Å². The van der Waals surface area contributed by atoms with Crippen LogP contribution in [-0.2, 0) is 28.6 Å². The van der Waals surface area contributed by atoms with Gasteiger partial charge in [-0.05, 0) is 51.0 Å². The molecule has 3 aromatic rings. The van der Waals surface area contributed by atoms with Crippen molar-refractivity contribution in [3.8, 4) is 0 Å². The normalized spacial score (nSPS) is 14.3. The first kappa shape index (κ1) is 29.9. The molecule has 4 rings (SSSR count). The molecule has 12 heteroatoms. The first-order valence-electron chi connectivity index (χ1n) is 13.3. The van der Waals surface area contributed by atoms with Crippen molar-refractivity contribution in [2.24, 2.45) is 10.2 Å². The molecular weight excluding hydrogens is 537 g/mol. The van der Waals surface area contributed by atoms with E-state index in [0.717, 1.165) is 23.3 Å². The Morgan fingerprint density at radius 3 is 2.56 bits per heavy atom. The van der Waals surface area contributed by atoms with Gasteiger partial charge in [-0.3, -0.25) is 5.32 Å². The number of carbonyl (C=O) groups is 1. The average molecular weight is 571 g/mol. The highest BCUT2D eigenvalue weighted by atomic mass is 19.4. The second-order valence-electron chi connectivity index (χ2n) is 10.3. The summed E-state index contributed by atoms with van der Waals surface area (Å²) in [5, 5.41) is 11.1. The van der Waals surface area contributed by atoms with Crippen molar-refractivity contribution in [1.29, 1.82) is 0 Å². The molecular formula is C29H33F3N6O3. The van der Waals surface area contributed by atoms with Crippen LogP contribution in [0.1, 0.15) is 42.8 Å².